The molecule has 0 aliphatic carbocycles. The standard InChI is InChI=1S/C17H19FN2O2/c1-22-15-8-6-14(7-9-15)20-17(21)12-19-11-10-13-4-2-3-5-16(13)18/h2-9,19H,10-12H2,1H3,(H,20,21). The normalized spacial score (nSPS) is 10.3. The number of amides is 1. The number of hydrogen-bond acceptors (Lipinski definition) is 3. The summed E-state index contributed by atoms with van der Waals surface area (Å²) >= 11 is 0. The number of halogens is 1. The summed E-state index contributed by atoms with van der Waals surface area (Å²) in [6.45, 7) is 0.720. The van der Waals surface area contributed by atoms with E-state index in [2.05, 4.69) is 10.6 Å². The predicted octanol–water partition coefficient (Wildman–Crippen LogP) is 2.61. The molecule has 0 saturated heterocycles. The third-order valence-corrected chi connectivity index (χ3v) is 3.19. The van der Waals surface area contributed by atoms with Gasteiger partial charge in [-0.3, -0.25) is 4.79 Å². The maximum absolute atomic E-state index is 13.4. The lowest BCUT2D eigenvalue weighted by molar-refractivity contribution is -0.115. The van der Waals surface area contributed by atoms with E-state index in [0.717, 1.165) is 5.75 Å². The van der Waals surface area contributed by atoms with Crippen molar-refractivity contribution in [1.29, 1.82) is 0 Å². The summed E-state index contributed by atoms with van der Waals surface area (Å²) in [7, 11) is 1.59. The number of hydrogen-bond donors (Lipinski definition) is 2. The SMILES string of the molecule is COc1ccc(NC(=O)CNCCc2ccccc2F)cc1. The van der Waals surface area contributed by atoms with E-state index < -0.39 is 0 Å². The van der Waals surface area contributed by atoms with Crippen LogP contribution in [0.3, 0.4) is 0 Å². The fourth-order valence-electron chi connectivity index (χ4n) is 2.01. The molecular weight excluding hydrogens is 283 g/mol. The van der Waals surface area contributed by atoms with Crippen molar-refractivity contribution in [2.75, 3.05) is 25.5 Å². The second-order valence-electron chi connectivity index (χ2n) is 4.79. The topological polar surface area (TPSA) is 50.4 Å². The zero-order valence-corrected chi connectivity index (χ0v) is 12.4. The Balaban J connectivity index is 1.70. The lowest BCUT2D eigenvalue weighted by Gasteiger charge is -2.08. The molecule has 116 valence electrons. The number of ether oxygens (including phenoxy) is 1. The van der Waals surface area contributed by atoms with Crippen molar-refractivity contribution in [3.8, 4) is 5.75 Å². The van der Waals surface area contributed by atoms with Gasteiger partial charge in [0.05, 0.1) is 13.7 Å². The molecule has 2 N–H and O–H groups in total. The van der Waals surface area contributed by atoms with E-state index in [9.17, 15) is 9.18 Å². The van der Waals surface area contributed by atoms with Crippen molar-refractivity contribution < 1.29 is 13.9 Å². The highest BCUT2D eigenvalue weighted by molar-refractivity contribution is 5.92. The van der Waals surface area contributed by atoms with Crippen LogP contribution in [0.5, 0.6) is 5.75 Å². The van der Waals surface area contributed by atoms with E-state index in [1.807, 2.05) is 0 Å². The van der Waals surface area contributed by atoms with Crippen molar-refractivity contribution in [3.05, 3.63) is 59.9 Å². The van der Waals surface area contributed by atoms with E-state index >= 15 is 0 Å². The maximum Gasteiger partial charge on any atom is 0.238 e. The summed E-state index contributed by atoms with van der Waals surface area (Å²) in [6.07, 6.45) is 0.544. The Labute approximate surface area is 129 Å². The van der Waals surface area contributed by atoms with Gasteiger partial charge in [0.25, 0.3) is 0 Å². The number of methoxy groups -OCH3 is 1. The first-order chi connectivity index (χ1) is 10.7. The van der Waals surface area contributed by atoms with Crippen molar-refractivity contribution in [2.45, 2.75) is 6.42 Å². The lowest BCUT2D eigenvalue weighted by atomic mass is 10.1. The van der Waals surface area contributed by atoms with Crippen molar-refractivity contribution >= 4 is 11.6 Å². The molecule has 0 heterocycles. The highest BCUT2D eigenvalue weighted by Crippen LogP contribution is 2.14. The maximum atomic E-state index is 13.4. The Morgan fingerprint density at radius 2 is 1.86 bits per heavy atom. The van der Waals surface area contributed by atoms with Crippen LogP contribution in [0.25, 0.3) is 0 Å². The molecule has 4 nitrogen and oxygen atoms in total. The van der Waals surface area contributed by atoms with Crippen molar-refractivity contribution in [2.24, 2.45) is 0 Å². The van der Waals surface area contributed by atoms with Gasteiger partial charge in [-0.15, -0.1) is 0 Å². The van der Waals surface area contributed by atoms with Gasteiger partial charge >= 0.3 is 0 Å². The summed E-state index contributed by atoms with van der Waals surface area (Å²) in [5.74, 6) is 0.381. The average molecular weight is 302 g/mol. The first kappa shape index (κ1) is 16.0. The minimum absolute atomic E-state index is 0.140. The summed E-state index contributed by atoms with van der Waals surface area (Å²) in [5, 5.41) is 5.77. The molecule has 0 radical (unpaired) electrons. The number of anilines is 1. The van der Waals surface area contributed by atoms with Gasteiger partial charge in [-0.05, 0) is 48.9 Å². The molecule has 0 spiro atoms. The smallest absolute Gasteiger partial charge is 0.238 e. The lowest BCUT2D eigenvalue weighted by Crippen LogP contribution is -2.29. The van der Waals surface area contributed by atoms with Gasteiger partial charge in [0.15, 0.2) is 0 Å². The van der Waals surface area contributed by atoms with Crippen LogP contribution >= 0.6 is 0 Å². The first-order valence-corrected chi connectivity index (χ1v) is 7.07. The van der Waals surface area contributed by atoms with E-state index in [0.29, 0.717) is 24.2 Å². The molecule has 0 aliphatic heterocycles. The van der Waals surface area contributed by atoms with E-state index in [1.165, 1.54) is 6.07 Å². The molecular formula is C17H19FN2O2. The van der Waals surface area contributed by atoms with Gasteiger partial charge in [-0.1, -0.05) is 18.2 Å². The second kappa shape index (κ2) is 8.14. The predicted molar refractivity (Wildman–Crippen MR) is 84.6 cm³/mol. The van der Waals surface area contributed by atoms with Crippen molar-refractivity contribution in [3.63, 3.8) is 0 Å². The molecule has 0 aliphatic rings. The Hall–Kier alpha value is -2.40. The van der Waals surface area contributed by atoms with Crippen LogP contribution in [0.2, 0.25) is 0 Å². The summed E-state index contributed by atoms with van der Waals surface area (Å²) < 4.78 is 18.5. The van der Waals surface area contributed by atoms with Gasteiger partial charge < -0.3 is 15.4 Å². The fourth-order valence-corrected chi connectivity index (χ4v) is 2.01. The summed E-state index contributed by atoms with van der Waals surface area (Å²) in [4.78, 5) is 11.8. The number of rotatable bonds is 7. The van der Waals surface area contributed by atoms with Crippen LogP contribution in [0, 0.1) is 5.82 Å². The van der Waals surface area contributed by atoms with Gasteiger partial charge in [0.1, 0.15) is 11.6 Å². The average Bonchev–Trinajstić information content (AvgIpc) is 2.54. The van der Waals surface area contributed by atoms with Crippen LogP contribution in [-0.4, -0.2) is 26.1 Å². The minimum Gasteiger partial charge on any atom is -0.497 e. The first-order valence-electron chi connectivity index (χ1n) is 7.07. The number of carbonyl (C=O) groups is 1. The summed E-state index contributed by atoms with van der Waals surface area (Å²) in [6, 6.07) is 13.7. The van der Waals surface area contributed by atoms with Gasteiger partial charge in [0.2, 0.25) is 5.91 Å². The Kier molecular flexibility index (Phi) is 5.91. The van der Waals surface area contributed by atoms with E-state index in [4.69, 9.17) is 4.74 Å². The van der Waals surface area contributed by atoms with Gasteiger partial charge in [-0.2, -0.15) is 0 Å². The monoisotopic (exact) mass is 302 g/mol. The fraction of sp³-hybridized carbons (Fsp3) is 0.235. The molecule has 1 amide bonds. The largest absolute Gasteiger partial charge is 0.497 e. The van der Waals surface area contributed by atoms with E-state index in [1.54, 1.807) is 49.6 Å². The molecule has 2 rings (SSSR count). The summed E-state index contributed by atoms with van der Waals surface area (Å²) in [5.41, 5.74) is 1.35. The van der Waals surface area contributed by atoms with Crippen LogP contribution in [0.4, 0.5) is 10.1 Å². The highest BCUT2D eigenvalue weighted by Gasteiger charge is 2.03. The second-order valence-corrected chi connectivity index (χ2v) is 4.79. The third kappa shape index (κ3) is 4.86. The molecule has 0 fully saturated rings. The minimum atomic E-state index is -0.216. The van der Waals surface area contributed by atoms with Crippen LogP contribution < -0.4 is 15.4 Å². The quantitative estimate of drug-likeness (QED) is 0.773. The molecule has 22 heavy (non-hydrogen) atoms. The number of benzene rings is 2. The zero-order valence-electron chi connectivity index (χ0n) is 12.4. The Bertz CT molecular complexity index is 614. The van der Waals surface area contributed by atoms with Crippen molar-refractivity contribution in [1.82, 2.24) is 5.32 Å². The third-order valence-electron chi connectivity index (χ3n) is 3.19. The van der Waals surface area contributed by atoms with Crippen LogP contribution in [0.15, 0.2) is 48.5 Å². The molecule has 5 heteroatoms. The number of nitrogens with one attached hydrogen (secondary N) is 2. The van der Waals surface area contributed by atoms with E-state index in [-0.39, 0.29) is 18.3 Å². The molecule has 0 unspecified atom stereocenters. The van der Waals surface area contributed by atoms with Crippen LogP contribution in [-0.2, 0) is 11.2 Å². The van der Waals surface area contributed by atoms with Gasteiger partial charge in [0, 0.05) is 5.69 Å². The zero-order chi connectivity index (χ0) is 15.8. The molecule has 0 aromatic heterocycles. The van der Waals surface area contributed by atoms with Gasteiger partial charge in [-0.25, -0.2) is 4.39 Å². The molecule has 2 aromatic rings. The molecule has 0 saturated carbocycles. The molecule has 0 bridgehead atoms. The Morgan fingerprint density at radius 3 is 2.55 bits per heavy atom. The van der Waals surface area contributed by atoms with Crippen LogP contribution in [0.1, 0.15) is 5.56 Å². The Morgan fingerprint density at radius 1 is 1.14 bits per heavy atom. The molecule has 0 atom stereocenters. The number of carbonyl (C=O) groups excluding carboxylic acids is 1. The highest BCUT2D eigenvalue weighted by atomic mass is 19.1. The molecule has 2 aromatic carbocycles.